The number of piperidine rings is 1. The van der Waals surface area contributed by atoms with E-state index < -0.39 is 16.1 Å². The number of rotatable bonds is 5. The van der Waals surface area contributed by atoms with E-state index in [1.165, 1.54) is 10.6 Å². The van der Waals surface area contributed by atoms with Gasteiger partial charge in [0.25, 0.3) is 10.0 Å². The second-order valence-electron chi connectivity index (χ2n) is 5.70. The summed E-state index contributed by atoms with van der Waals surface area (Å²) in [5.74, 6) is -0.0124. The highest BCUT2D eigenvalue weighted by atomic mass is 32.2. The van der Waals surface area contributed by atoms with Crippen LogP contribution in [0.5, 0.6) is 0 Å². The lowest BCUT2D eigenvalue weighted by Crippen LogP contribution is -2.47. The van der Waals surface area contributed by atoms with Crippen molar-refractivity contribution in [2.24, 2.45) is 0 Å². The highest BCUT2D eigenvalue weighted by Crippen LogP contribution is 2.26. The van der Waals surface area contributed by atoms with E-state index in [-0.39, 0.29) is 16.9 Å². The molecule has 1 aromatic heterocycles. The van der Waals surface area contributed by atoms with E-state index in [0.717, 1.165) is 12.8 Å². The maximum Gasteiger partial charge on any atom is 0.262 e. The van der Waals surface area contributed by atoms with Gasteiger partial charge in [-0.25, -0.2) is 13.4 Å². The summed E-state index contributed by atoms with van der Waals surface area (Å²) in [6.45, 7) is 6.09. The first-order valence-electron chi connectivity index (χ1n) is 7.46. The predicted molar refractivity (Wildman–Crippen MR) is 79.4 cm³/mol. The number of carbonyl (C=O) groups is 1. The fraction of sp³-hybridized carbons (Fsp3) is 0.714. The van der Waals surface area contributed by atoms with E-state index in [1.807, 2.05) is 13.8 Å². The number of ketones is 1. The van der Waals surface area contributed by atoms with E-state index >= 15 is 0 Å². The molecule has 1 aliphatic heterocycles. The van der Waals surface area contributed by atoms with Crippen LogP contribution in [0.4, 0.5) is 0 Å². The number of hydrogen-bond donors (Lipinski definition) is 0. The summed E-state index contributed by atoms with van der Waals surface area (Å²) in [6, 6.07) is -0.381. The fourth-order valence-electron chi connectivity index (χ4n) is 2.60. The summed E-state index contributed by atoms with van der Waals surface area (Å²) in [7, 11) is -3.70. The Hall–Kier alpha value is -1.21. The molecule has 21 heavy (non-hydrogen) atoms. The normalized spacial score (nSPS) is 20.9. The zero-order valence-electron chi connectivity index (χ0n) is 12.8. The molecule has 1 aromatic rings. The van der Waals surface area contributed by atoms with E-state index in [1.54, 1.807) is 17.7 Å². The number of hydrogen-bond acceptors (Lipinski definition) is 4. The van der Waals surface area contributed by atoms with Gasteiger partial charge in [0.1, 0.15) is 0 Å². The van der Waals surface area contributed by atoms with Gasteiger partial charge in [0.2, 0.25) is 0 Å². The van der Waals surface area contributed by atoms with Crippen molar-refractivity contribution in [3.8, 4) is 0 Å². The van der Waals surface area contributed by atoms with Crippen LogP contribution in [0.2, 0.25) is 0 Å². The molecule has 1 atom stereocenters. The molecule has 2 rings (SSSR count). The molecule has 6 nitrogen and oxygen atoms in total. The molecule has 7 heteroatoms. The van der Waals surface area contributed by atoms with Gasteiger partial charge in [0, 0.05) is 25.2 Å². The van der Waals surface area contributed by atoms with Crippen molar-refractivity contribution in [2.45, 2.75) is 63.6 Å². The third-order valence-corrected chi connectivity index (χ3v) is 5.71. The summed E-state index contributed by atoms with van der Waals surface area (Å²) in [4.78, 5) is 16.1. The van der Waals surface area contributed by atoms with Crippen LogP contribution in [0, 0.1) is 0 Å². The molecular formula is C14H23N3O3S. The second kappa shape index (κ2) is 6.27. The molecule has 0 unspecified atom stereocenters. The first-order valence-corrected chi connectivity index (χ1v) is 8.90. The Bertz CT molecular complexity index is 607. The lowest BCUT2D eigenvalue weighted by atomic mass is 10.00. The van der Waals surface area contributed by atoms with Gasteiger partial charge in [-0.3, -0.25) is 4.79 Å². The summed E-state index contributed by atoms with van der Waals surface area (Å²) >= 11 is 0. The Labute approximate surface area is 126 Å². The van der Waals surface area contributed by atoms with Gasteiger partial charge >= 0.3 is 0 Å². The minimum atomic E-state index is -3.70. The van der Waals surface area contributed by atoms with Gasteiger partial charge in [0.15, 0.2) is 10.8 Å². The van der Waals surface area contributed by atoms with Gasteiger partial charge < -0.3 is 4.57 Å². The molecule has 0 amide bonds. The zero-order chi connectivity index (χ0) is 15.6. The van der Waals surface area contributed by atoms with Crippen LogP contribution in [0.3, 0.4) is 0 Å². The maximum atomic E-state index is 12.8. The Morgan fingerprint density at radius 3 is 2.71 bits per heavy atom. The smallest absolute Gasteiger partial charge is 0.262 e. The van der Waals surface area contributed by atoms with Gasteiger partial charge in [-0.05, 0) is 26.7 Å². The Balaban J connectivity index is 2.33. The number of sulfonamides is 1. The van der Waals surface area contributed by atoms with Crippen LogP contribution >= 0.6 is 0 Å². The Kier molecular flexibility index (Phi) is 4.83. The highest BCUT2D eigenvalue weighted by molar-refractivity contribution is 7.89. The van der Waals surface area contributed by atoms with Crippen molar-refractivity contribution in [2.75, 3.05) is 6.54 Å². The topological polar surface area (TPSA) is 72.3 Å². The third-order valence-electron chi connectivity index (χ3n) is 3.92. The molecule has 1 saturated heterocycles. The van der Waals surface area contributed by atoms with Crippen molar-refractivity contribution in [1.29, 1.82) is 0 Å². The van der Waals surface area contributed by atoms with Crippen molar-refractivity contribution in [1.82, 2.24) is 13.9 Å². The van der Waals surface area contributed by atoms with Crippen LogP contribution in [0.1, 0.15) is 52.5 Å². The number of imidazole rings is 1. The third kappa shape index (κ3) is 3.18. The van der Waals surface area contributed by atoms with Crippen molar-refractivity contribution >= 4 is 15.8 Å². The van der Waals surface area contributed by atoms with Crippen LogP contribution < -0.4 is 0 Å². The zero-order valence-corrected chi connectivity index (χ0v) is 13.6. The van der Waals surface area contributed by atoms with Crippen LogP contribution in [0.25, 0.3) is 0 Å². The molecule has 118 valence electrons. The molecule has 0 spiro atoms. The lowest BCUT2D eigenvalue weighted by molar-refractivity contribution is -0.123. The van der Waals surface area contributed by atoms with E-state index in [2.05, 4.69) is 4.98 Å². The number of carbonyl (C=O) groups excluding carboxylic acids is 1. The molecule has 1 aliphatic rings. The molecule has 0 aliphatic carbocycles. The van der Waals surface area contributed by atoms with Gasteiger partial charge in [-0.15, -0.1) is 0 Å². The van der Waals surface area contributed by atoms with E-state index in [4.69, 9.17) is 0 Å². The highest BCUT2D eigenvalue weighted by Gasteiger charge is 2.37. The molecule has 2 heterocycles. The summed E-state index contributed by atoms with van der Waals surface area (Å²) < 4.78 is 28.6. The minimum Gasteiger partial charge on any atom is -0.334 e. The molecule has 0 N–H and O–H groups in total. The van der Waals surface area contributed by atoms with E-state index in [0.29, 0.717) is 19.4 Å². The van der Waals surface area contributed by atoms with Crippen LogP contribution in [-0.2, 0) is 14.8 Å². The van der Waals surface area contributed by atoms with Gasteiger partial charge in [-0.1, -0.05) is 13.3 Å². The average molecular weight is 313 g/mol. The monoisotopic (exact) mass is 313 g/mol. The summed E-state index contributed by atoms with van der Waals surface area (Å²) in [5.41, 5.74) is 0. The Morgan fingerprint density at radius 2 is 2.14 bits per heavy atom. The van der Waals surface area contributed by atoms with Crippen molar-refractivity contribution in [3.05, 3.63) is 12.5 Å². The van der Waals surface area contributed by atoms with Gasteiger partial charge in [-0.2, -0.15) is 4.31 Å². The quantitative estimate of drug-likeness (QED) is 0.833. The first-order chi connectivity index (χ1) is 9.87. The standard InChI is InChI=1S/C14H23N3O3S/c1-4-13(18)12-7-5-6-8-17(12)21(19,20)14-9-16(10-15-14)11(2)3/h9-12H,4-8H2,1-3H3/t12-/m1/s1. The fourth-order valence-corrected chi connectivity index (χ4v) is 4.21. The SMILES string of the molecule is CCC(=O)[C@H]1CCCCN1S(=O)(=O)c1cn(C(C)C)cn1. The number of Topliss-reactive ketones (excluding diaryl/α,β-unsaturated/α-hetero) is 1. The van der Waals surface area contributed by atoms with Crippen molar-refractivity contribution in [3.63, 3.8) is 0 Å². The minimum absolute atomic E-state index is 0.0124. The van der Waals surface area contributed by atoms with Crippen LogP contribution in [0.15, 0.2) is 17.6 Å². The van der Waals surface area contributed by atoms with Crippen molar-refractivity contribution < 1.29 is 13.2 Å². The molecular weight excluding hydrogens is 290 g/mol. The number of aromatic nitrogens is 2. The van der Waals surface area contributed by atoms with Crippen LogP contribution in [-0.4, -0.2) is 40.6 Å². The summed E-state index contributed by atoms with van der Waals surface area (Å²) in [6.07, 6.45) is 5.72. The molecule has 0 aromatic carbocycles. The van der Waals surface area contributed by atoms with E-state index in [9.17, 15) is 13.2 Å². The first kappa shape index (κ1) is 16.2. The molecule has 0 saturated carbocycles. The largest absolute Gasteiger partial charge is 0.334 e. The van der Waals surface area contributed by atoms with Gasteiger partial charge in [0.05, 0.1) is 12.4 Å². The molecule has 0 bridgehead atoms. The Morgan fingerprint density at radius 1 is 1.43 bits per heavy atom. The average Bonchev–Trinajstić information content (AvgIpc) is 2.97. The maximum absolute atomic E-state index is 12.8. The summed E-state index contributed by atoms with van der Waals surface area (Å²) in [5, 5.41) is 0.0343. The predicted octanol–water partition coefficient (Wildman–Crippen LogP) is 1.99. The second-order valence-corrected chi connectivity index (χ2v) is 7.54. The molecule has 1 fully saturated rings. The number of nitrogens with zero attached hydrogens (tertiary/aromatic N) is 3. The lowest BCUT2D eigenvalue weighted by Gasteiger charge is -2.32. The molecule has 0 radical (unpaired) electrons.